The number of aryl methyl sites for hydroxylation is 2. The molecular formula is C22H26N2O3. The number of methoxy groups -OCH3 is 1. The highest BCUT2D eigenvalue weighted by Gasteiger charge is 2.37. The second kappa shape index (κ2) is 8.35. The van der Waals surface area contributed by atoms with E-state index in [1.54, 1.807) is 12.0 Å². The van der Waals surface area contributed by atoms with Gasteiger partial charge in [-0.25, -0.2) is 0 Å². The van der Waals surface area contributed by atoms with Gasteiger partial charge in [-0.05, 0) is 54.7 Å². The monoisotopic (exact) mass is 366 g/mol. The first-order valence-electron chi connectivity index (χ1n) is 9.22. The van der Waals surface area contributed by atoms with E-state index < -0.39 is 5.92 Å². The molecule has 2 aromatic rings. The Hall–Kier alpha value is -2.66. The molecule has 5 heteroatoms. The third kappa shape index (κ3) is 4.37. The molecule has 0 spiro atoms. The van der Waals surface area contributed by atoms with Crippen molar-refractivity contribution in [1.29, 1.82) is 0 Å². The number of benzene rings is 2. The van der Waals surface area contributed by atoms with E-state index in [4.69, 9.17) is 4.74 Å². The van der Waals surface area contributed by atoms with Crippen LogP contribution in [0.3, 0.4) is 0 Å². The minimum atomic E-state index is -0.612. The summed E-state index contributed by atoms with van der Waals surface area (Å²) in [6, 6.07) is 13.9. The zero-order valence-electron chi connectivity index (χ0n) is 16.1. The minimum absolute atomic E-state index is 0.119. The predicted molar refractivity (Wildman–Crippen MR) is 105 cm³/mol. The number of ether oxygens (including phenoxy) is 1. The summed E-state index contributed by atoms with van der Waals surface area (Å²) in [4.78, 5) is 27.0. The summed E-state index contributed by atoms with van der Waals surface area (Å²) in [7, 11) is 1.66. The molecule has 27 heavy (non-hydrogen) atoms. The lowest BCUT2D eigenvalue weighted by Crippen LogP contribution is -2.36. The van der Waals surface area contributed by atoms with Gasteiger partial charge in [0.05, 0.1) is 6.61 Å². The highest BCUT2D eigenvalue weighted by Crippen LogP contribution is 2.27. The Morgan fingerprint density at radius 1 is 1.11 bits per heavy atom. The van der Waals surface area contributed by atoms with Crippen molar-refractivity contribution in [3.63, 3.8) is 0 Å². The van der Waals surface area contributed by atoms with E-state index in [1.807, 2.05) is 56.3 Å². The molecule has 1 aliphatic heterocycles. The summed E-state index contributed by atoms with van der Waals surface area (Å²) in [6.45, 7) is 5.63. The van der Waals surface area contributed by atoms with Crippen LogP contribution in [0.4, 0.5) is 5.69 Å². The number of carbonyl (C=O) groups excluding carboxylic acids is 2. The van der Waals surface area contributed by atoms with Crippen LogP contribution in [0.5, 0.6) is 0 Å². The summed E-state index contributed by atoms with van der Waals surface area (Å²) in [5.41, 5.74) is 5.29. The van der Waals surface area contributed by atoms with Crippen molar-refractivity contribution in [3.8, 4) is 0 Å². The van der Waals surface area contributed by atoms with Crippen LogP contribution in [0.15, 0.2) is 42.5 Å². The molecule has 5 nitrogen and oxygen atoms in total. The van der Waals surface area contributed by atoms with Crippen LogP contribution in [-0.4, -0.2) is 25.5 Å². The molecule has 1 aliphatic rings. The van der Waals surface area contributed by atoms with E-state index in [0.717, 1.165) is 22.4 Å². The van der Waals surface area contributed by atoms with E-state index in [-0.39, 0.29) is 11.8 Å². The van der Waals surface area contributed by atoms with Gasteiger partial charge in [0.1, 0.15) is 5.92 Å². The van der Waals surface area contributed by atoms with E-state index >= 15 is 0 Å². The van der Waals surface area contributed by atoms with Gasteiger partial charge >= 0.3 is 0 Å². The molecule has 2 amide bonds. The highest BCUT2D eigenvalue weighted by molar-refractivity contribution is 6.09. The van der Waals surface area contributed by atoms with Crippen LogP contribution in [0.1, 0.15) is 28.7 Å². The van der Waals surface area contributed by atoms with Crippen molar-refractivity contribution < 1.29 is 14.3 Å². The van der Waals surface area contributed by atoms with Crippen molar-refractivity contribution in [2.75, 3.05) is 18.6 Å². The molecule has 1 fully saturated rings. The Labute approximate surface area is 160 Å². The topological polar surface area (TPSA) is 58.6 Å². The lowest BCUT2D eigenvalue weighted by Gasteiger charge is -2.18. The molecule has 3 rings (SSSR count). The van der Waals surface area contributed by atoms with Gasteiger partial charge in [0.15, 0.2) is 0 Å². The molecule has 0 saturated carbocycles. The maximum absolute atomic E-state index is 12.7. The average Bonchev–Trinajstić information content (AvgIpc) is 3.05. The lowest BCUT2D eigenvalue weighted by molar-refractivity contribution is -0.132. The molecule has 1 heterocycles. The summed E-state index contributed by atoms with van der Waals surface area (Å²) in [5, 5.41) is 2.90. The van der Waals surface area contributed by atoms with Crippen LogP contribution in [0.2, 0.25) is 0 Å². The Morgan fingerprint density at radius 2 is 1.81 bits per heavy atom. The molecule has 1 atom stereocenters. The summed E-state index contributed by atoms with van der Waals surface area (Å²) < 4.78 is 5.09. The van der Waals surface area contributed by atoms with Crippen LogP contribution >= 0.6 is 0 Å². The molecule has 2 aromatic carbocycles. The second-order valence-electron chi connectivity index (χ2n) is 7.07. The normalized spacial score (nSPS) is 16.6. The highest BCUT2D eigenvalue weighted by atomic mass is 16.5. The van der Waals surface area contributed by atoms with Crippen molar-refractivity contribution >= 4 is 17.5 Å². The Balaban J connectivity index is 1.59. The van der Waals surface area contributed by atoms with Crippen LogP contribution in [0.25, 0.3) is 0 Å². The number of hydrogen-bond donors (Lipinski definition) is 1. The van der Waals surface area contributed by atoms with Gasteiger partial charge in [0.2, 0.25) is 11.8 Å². The van der Waals surface area contributed by atoms with E-state index in [9.17, 15) is 9.59 Å². The maximum Gasteiger partial charge on any atom is 0.239 e. The Morgan fingerprint density at radius 3 is 2.48 bits per heavy atom. The quantitative estimate of drug-likeness (QED) is 0.799. The second-order valence-corrected chi connectivity index (χ2v) is 7.07. The van der Waals surface area contributed by atoms with E-state index in [1.165, 1.54) is 5.56 Å². The number of amides is 2. The van der Waals surface area contributed by atoms with Crippen molar-refractivity contribution in [1.82, 2.24) is 5.32 Å². The minimum Gasteiger partial charge on any atom is -0.380 e. The van der Waals surface area contributed by atoms with Gasteiger partial charge in [-0.1, -0.05) is 30.3 Å². The van der Waals surface area contributed by atoms with E-state index in [0.29, 0.717) is 26.1 Å². The summed E-state index contributed by atoms with van der Waals surface area (Å²) >= 11 is 0. The first kappa shape index (κ1) is 19.1. The molecule has 0 aromatic heterocycles. The van der Waals surface area contributed by atoms with Crippen molar-refractivity contribution in [3.05, 3.63) is 64.7 Å². The number of rotatable bonds is 6. The first-order valence-corrected chi connectivity index (χ1v) is 9.22. The molecule has 142 valence electrons. The molecule has 1 N–H and O–H groups in total. The van der Waals surface area contributed by atoms with Gasteiger partial charge in [-0.15, -0.1) is 0 Å². The molecule has 1 unspecified atom stereocenters. The molecule has 0 radical (unpaired) electrons. The SMILES string of the molecule is COCc1ccc(CNC(=O)C2CCN(c3ccc(C)c(C)c3)C2=O)cc1. The van der Waals surface area contributed by atoms with Gasteiger partial charge in [-0.3, -0.25) is 9.59 Å². The Bertz CT molecular complexity index is 830. The first-order chi connectivity index (χ1) is 13.0. The zero-order chi connectivity index (χ0) is 19.4. The third-order valence-electron chi connectivity index (χ3n) is 5.12. The number of hydrogen-bond acceptors (Lipinski definition) is 3. The standard InChI is InChI=1S/C22H26N2O3/c1-15-4-9-19(12-16(15)2)24-11-10-20(22(24)26)21(25)23-13-17-5-7-18(8-6-17)14-27-3/h4-9,12,20H,10-11,13-14H2,1-3H3,(H,23,25). The average molecular weight is 366 g/mol. The van der Waals surface area contributed by atoms with Crippen molar-refractivity contribution in [2.24, 2.45) is 5.92 Å². The number of anilines is 1. The predicted octanol–water partition coefficient (Wildman–Crippen LogP) is 3.12. The summed E-state index contributed by atoms with van der Waals surface area (Å²) in [6.07, 6.45) is 0.546. The van der Waals surface area contributed by atoms with Crippen LogP contribution in [-0.2, 0) is 27.5 Å². The largest absolute Gasteiger partial charge is 0.380 e. The van der Waals surface area contributed by atoms with Gasteiger partial charge in [0.25, 0.3) is 0 Å². The molecule has 0 bridgehead atoms. The fraction of sp³-hybridized carbons (Fsp3) is 0.364. The Kier molecular flexibility index (Phi) is 5.91. The van der Waals surface area contributed by atoms with Gasteiger partial charge < -0.3 is 15.0 Å². The fourth-order valence-corrected chi connectivity index (χ4v) is 3.31. The zero-order valence-corrected chi connectivity index (χ0v) is 16.1. The smallest absolute Gasteiger partial charge is 0.239 e. The van der Waals surface area contributed by atoms with Gasteiger partial charge in [0, 0.05) is 25.9 Å². The van der Waals surface area contributed by atoms with Crippen LogP contribution in [0, 0.1) is 19.8 Å². The number of carbonyl (C=O) groups is 2. The van der Waals surface area contributed by atoms with Crippen LogP contribution < -0.4 is 10.2 Å². The summed E-state index contributed by atoms with van der Waals surface area (Å²) in [5.74, 6) is -0.933. The number of nitrogens with zero attached hydrogens (tertiary/aromatic N) is 1. The number of nitrogens with one attached hydrogen (secondary N) is 1. The van der Waals surface area contributed by atoms with Crippen molar-refractivity contribution in [2.45, 2.75) is 33.4 Å². The maximum atomic E-state index is 12.7. The van der Waals surface area contributed by atoms with E-state index in [2.05, 4.69) is 5.32 Å². The van der Waals surface area contributed by atoms with Gasteiger partial charge in [-0.2, -0.15) is 0 Å². The molecule has 0 aliphatic carbocycles. The molecular weight excluding hydrogens is 340 g/mol. The third-order valence-corrected chi connectivity index (χ3v) is 5.12. The fourth-order valence-electron chi connectivity index (χ4n) is 3.31. The molecule has 1 saturated heterocycles. The lowest BCUT2D eigenvalue weighted by atomic mass is 10.1.